The van der Waals surface area contributed by atoms with Crippen molar-refractivity contribution >= 4 is 27.8 Å². The summed E-state index contributed by atoms with van der Waals surface area (Å²) >= 11 is 0. The molecule has 1 N–H and O–H groups in total. The van der Waals surface area contributed by atoms with Crippen LogP contribution >= 0.6 is 0 Å². The van der Waals surface area contributed by atoms with Crippen LogP contribution in [0.3, 0.4) is 0 Å². The van der Waals surface area contributed by atoms with Crippen LogP contribution in [-0.2, 0) is 14.8 Å². The highest BCUT2D eigenvalue weighted by atomic mass is 32.2. The zero-order valence-corrected chi connectivity index (χ0v) is 21.6. The molecule has 0 aliphatic carbocycles. The topological polar surface area (TPSA) is 107 Å². The van der Waals surface area contributed by atoms with Crippen molar-refractivity contribution in [3.05, 3.63) is 77.4 Å². The molecule has 3 rings (SSSR count). The molecular weight excluding hydrogens is 482 g/mol. The molecule has 10 heteroatoms. The molecule has 9 nitrogen and oxygen atoms in total. The lowest BCUT2D eigenvalue weighted by atomic mass is 10.1. The van der Waals surface area contributed by atoms with Crippen LogP contribution in [0.4, 0.5) is 5.69 Å². The van der Waals surface area contributed by atoms with E-state index in [4.69, 9.17) is 14.2 Å². The minimum atomic E-state index is -4.02. The number of rotatable bonds is 10. The Bertz CT molecular complexity index is 1330. The number of benzene rings is 3. The second kappa shape index (κ2) is 11.6. The first-order chi connectivity index (χ1) is 17.2. The highest BCUT2D eigenvalue weighted by molar-refractivity contribution is 7.92. The first-order valence-corrected chi connectivity index (χ1v) is 12.4. The highest BCUT2D eigenvalue weighted by Crippen LogP contribution is 2.37. The molecule has 0 radical (unpaired) electrons. The van der Waals surface area contributed by atoms with E-state index >= 15 is 0 Å². The van der Waals surface area contributed by atoms with Gasteiger partial charge >= 0.3 is 0 Å². The van der Waals surface area contributed by atoms with Gasteiger partial charge in [-0.1, -0.05) is 30.3 Å². The van der Waals surface area contributed by atoms with E-state index in [0.29, 0.717) is 28.5 Å². The lowest BCUT2D eigenvalue weighted by Gasteiger charge is -2.26. The maximum atomic E-state index is 13.5. The van der Waals surface area contributed by atoms with Gasteiger partial charge in [-0.05, 0) is 55.3 Å². The Morgan fingerprint density at radius 3 is 2.17 bits per heavy atom. The largest absolute Gasteiger partial charge is 0.493 e. The normalized spacial score (nSPS) is 11.2. The number of amides is 1. The van der Waals surface area contributed by atoms with Crippen LogP contribution < -0.4 is 23.9 Å². The van der Waals surface area contributed by atoms with Crippen molar-refractivity contribution in [2.24, 2.45) is 5.10 Å². The Balaban J connectivity index is 1.87. The van der Waals surface area contributed by atoms with Gasteiger partial charge in [-0.25, -0.2) is 13.8 Å². The van der Waals surface area contributed by atoms with Gasteiger partial charge in [-0.2, -0.15) is 5.10 Å². The number of nitrogens with zero attached hydrogens (tertiary/aromatic N) is 2. The summed E-state index contributed by atoms with van der Waals surface area (Å²) in [5.41, 5.74) is 5.06. The summed E-state index contributed by atoms with van der Waals surface area (Å²) in [6, 6.07) is 16.6. The Hall–Kier alpha value is -4.05. The fourth-order valence-electron chi connectivity index (χ4n) is 3.55. The number of carbonyl (C=O) groups excluding carboxylic acids is 1. The first kappa shape index (κ1) is 26.6. The van der Waals surface area contributed by atoms with Gasteiger partial charge in [0.15, 0.2) is 11.5 Å². The molecule has 190 valence electrons. The van der Waals surface area contributed by atoms with Crippen LogP contribution in [0, 0.1) is 13.8 Å². The lowest BCUT2D eigenvalue weighted by Crippen LogP contribution is -2.40. The molecule has 3 aromatic carbocycles. The van der Waals surface area contributed by atoms with Crippen LogP contribution in [-0.4, -0.2) is 48.4 Å². The van der Waals surface area contributed by atoms with Crippen molar-refractivity contribution in [1.29, 1.82) is 0 Å². The summed E-state index contributed by atoms with van der Waals surface area (Å²) in [6.07, 6.45) is 1.40. The molecule has 0 aliphatic heterocycles. The van der Waals surface area contributed by atoms with Gasteiger partial charge in [0.2, 0.25) is 5.75 Å². The van der Waals surface area contributed by atoms with Crippen LogP contribution in [0.1, 0.15) is 16.7 Å². The third-order valence-corrected chi connectivity index (χ3v) is 7.33. The zero-order valence-electron chi connectivity index (χ0n) is 20.8. The maximum absolute atomic E-state index is 13.5. The third kappa shape index (κ3) is 5.77. The fourth-order valence-corrected chi connectivity index (χ4v) is 5.05. The zero-order chi connectivity index (χ0) is 26.3. The molecule has 3 aromatic rings. The summed E-state index contributed by atoms with van der Waals surface area (Å²) in [5, 5.41) is 3.99. The molecule has 0 heterocycles. The molecule has 1 amide bonds. The van der Waals surface area contributed by atoms with Gasteiger partial charge in [0.25, 0.3) is 15.9 Å². The number of sulfonamides is 1. The summed E-state index contributed by atoms with van der Waals surface area (Å²) in [7, 11) is 0.472. The monoisotopic (exact) mass is 511 g/mol. The SMILES string of the molecule is COc1cc(/C=N/NC(=O)CN(c2cccc(C)c2C)S(=O)(=O)c2ccccc2)cc(OC)c1OC. The van der Waals surface area contributed by atoms with E-state index in [1.807, 2.05) is 19.9 Å². The Morgan fingerprint density at radius 1 is 0.944 bits per heavy atom. The van der Waals surface area contributed by atoms with Gasteiger partial charge < -0.3 is 14.2 Å². The summed E-state index contributed by atoms with van der Waals surface area (Å²) in [6.45, 7) is 3.24. The van der Waals surface area contributed by atoms with E-state index in [2.05, 4.69) is 10.5 Å². The van der Waals surface area contributed by atoms with Crippen molar-refractivity contribution < 1.29 is 27.4 Å². The van der Waals surface area contributed by atoms with Crippen molar-refractivity contribution in [2.45, 2.75) is 18.7 Å². The second-order valence-corrected chi connectivity index (χ2v) is 9.66. The van der Waals surface area contributed by atoms with E-state index in [-0.39, 0.29) is 4.90 Å². The van der Waals surface area contributed by atoms with E-state index in [9.17, 15) is 13.2 Å². The van der Waals surface area contributed by atoms with Crippen LogP contribution in [0.2, 0.25) is 0 Å². The van der Waals surface area contributed by atoms with Crippen molar-refractivity contribution in [3.63, 3.8) is 0 Å². The number of anilines is 1. The molecule has 0 aliphatic rings. The number of methoxy groups -OCH3 is 3. The van der Waals surface area contributed by atoms with Crippen molar-refractivity contribution in [2.75, 3.05) is 32.2 Å². The van der Waals surface area contributed by atoms with Crippen LogP contribution in [0.15, 0.2) is 70.7 Å². The predicted molar refractivity (Wildman–Crippen MR) is 139 cm³/mol. The highest BCUT2D eigenvalue weighted by Gasteiger charge is 2.28. The number of hydrogen-bond donors (Lipinski definition) is 1. The van der Waals surface area contributed by atoms with E-state index < -0.39 is 22.5 Å². The molecule has 0 unspecified atom stereocenters. The number of hydrogen-bond acceptors (Lipinski definition) is 7. The average Bonchev–Trinajstić information content (AvgIpc) is 2.88. The van der Waals surface area contributed by atoms with Gasteiger partial charge in [-0.3, -0.25) is 9.10 Å². The number of nitrogens with one attached hydrogen (secondary N) is 1. The molecule has 0 spiro atoms. The minimum absolute atomic E-state index is 0.0830. The van der Waals surface area contributed by atoms with Crippen molar-refractivity contribution in [3.8, 4) is 17.2 Å². The molecule has 0 saturated carbocycles. The Labute approximate surface area is 211 Å². The van der Waals surface area contributed by atoms with Gasteiger partial charge in [0.05, 0.1) is 38.1 Å². The smallest absolute Gasteiger partial charge is 0.264 e. The molecule has 36 heavy (non-hydrogen) atoms. The quantitative estimate of drug-likeness (QED) is 0.329. The lowest BCUT2D eigenvalue weighted by molar-refractivity contribution is -0.119. The van der Waals surface area contributed by atoms with E-state index in [1.54, 1.807) is 42.5 Å². The summed E-state index contributed by atoms with van der Waals surface area (Å²) < 4.78 is 44.0. The number of aryl methyl sites for hydroxylation is 1. The molecule has 0 bridgehead atoms. The molecule has 0 atom stereocenters. The number of carbonyl (C=O) groups is 1. The molecular formula is C26H29N3O6S. The van der Waals surface area contributed by atoms with Gasteiger partial charge in [0, 0.05) is 5.56 Å². The summed E-state index contributed by atoms with van der Waals surface area (Å²) in [5.74, 6) is 0.676. The standard InChI is InChI=1S/C26H29N3O6S/c1-18-10-9-13-22(19(18)2)29(36(31,32)21-11-7-6-8-12-21)17-25(30)28-27-16-20-14-23(33-3)26(35-5)24(15-20)34-4/h6-16H,17H2,1-5H3,(H,28,30)/b27-16+. The third-order valence-electron chi connectivity index (χ3n) is 5.55. The second-order valence-electron chi connectivity index (χ2n) is 7.80. The van der Waals surface area contributed by atoms with Gasteiger partial charge in [0.1, 0.15) is 6.54 Å². The minimum Gasteiger partial charge on any atom is -0.493 e. The Morgan fingerprint density at radius 2 is 1.58 bits per heavy atom. The van der Waals surface area contributed by atoms with Crippen LogP contribution in [0.25, 0.3) is 0 Å². The van der Waals surface area contributed by atoms with Crippen LogP contribution in [0.5, 0.6) is 17.2 Å². The summed E-state index contributed by atoms with van der Waals surface area (Å²) in [4.78, 5) is 12.9. The number of ether oxygens (including phenoxy) is 3. The predicted octanol–water partition coefficient (Wildman–Crippen LogP) is 3.67. The van der Waals surface area contributed by atoms with Crippen molar-refractivity contribution in [1.82, 2.24) is 5.43 Å². The maximum Gasteiger partial charge on any atom is 0.264 e. The number of hydrazone groups is 1. The first-order valence-electron chi connectivity index (χ1n) is 11.0. The molecule has 0 saturated heterocycles. The molecule has 0 fully saturated rings. The van der Waals surface area contributed by atoms with E-state index in [1.165, 1.54) is 39.7 Å². The van der Waals surface area contributed by atoms with E-state index in [0.717, 1.165) is 15.4 Å². The Kier molecular flexibility index (Phi) is 8.55. The average molecular weight is 512 g/mol. The molecule has 0 aromatic heterocycles. The van der Waals surface area contributed by atoms with Gasteiger partial charge in [-0.15, -0.1) is 0 Å². The fraction of sp³-hybridized carbons (Fsp3) is 0.231.